The number of hydrogen-bond acceptors (Lipinski definition) is 4. The minimum absolute atomic E-state index is 0.156. The van der Waals surface area contributed by atoms with E-state index in [9.17, 15) is 9.59 Å². The Morgan fingerprint density at radius 2 is 2.05 bits per heavy atom. The summed E-state index contributed by atoms with van der Waals surface area (Å²) in [5.41, 5.74) is 8.04. The first-order valence-electron chi connectivity index (χ1n) is 6.63. The van der Waals surface area contributed by atoms with Gasteiger partial charge in [0.1, 0.15) is 11.9 Å². The van der Waals surface area contributed by atoms with Crippen molar-refractivity contribution in [2.24, 2.45) is 5.73 Å². The first-order valence-corrected chi connectivity index (χ1v) is 7.57. The molecule has 0 spiro atoms. The van der Waals surface area contributed by atoms with Gasteiger partial charge in [-0.1, -0.05) is 30.3 Å². The number of primary amides is 1. The molecule has 0 bridgehead atoms. The van der Waals surface area contributed by atoms with Crippen molar-refractivity contribution >= 4 is 29.0 Å². The van der Waals surface area contributed by atoms with Crippen LogP contribution in [-0.4, -0.2) is 22.8 Å². The van der Waals surface area contributed by atoms with E-state index >= 15 is 0 Å². The van der Waals surface area contributed by atoms with Crippen molar-refractivity contribution in [1.82, 2.24) is 4.98 Å². The molecule has 1 aromatic carbocycles. The number of anilines is 1. The maximum absolute atomic E-state index is 12.4. The van der Waals surface area contributed by atoms with Gasteiger partial charge in [-0.3, -0.25) is 14.5 Å². The molecule has 5 nitrogen and oxygen atoms in total. The zero-order chi connectivity index (χ0) is 15.2. The van der Waals surface area contributed by atoms with Gasteiger partial charge >= 0.3 is 0 Å². The molecular formula is C15H17N3O2S. The summed E-state index contributed by atoms with van der Waals surface area (Å²) in [5, 5.41) is 1.74. The van der Waals surface area contributed by atoms with Crippen LogP contribution >= 0.6 is 11.3 Å². The second-order valence-electron chi connectivity index (χ2n) is 4.67. The molecule has 2 aromatic rings. The van der Waals surface area contributed by atoms with Crippen LogP contribution in [0.5, 0.6) is 0 Å². The SMILES string of the molecule is C[C@@H](C(N)=O)N(C(=O)CCc1ccccc1)c1cscn1. The summed E-state index contributed by atoms with van der Waals surface area (Å²) in [7, 11) is 0. The Kier molecular flexibility index (Phi) is 5.05. The van der Waals surface area contributed by atoms with Crippen LogP contribution in [-0.2, 0) is 16.0 Å². The number of aromatic nitrogens is 1. The standard InChI is InChI=1S/C15H17N3O2S/c1-11(15(16)20)18(13-9-21-10-17-13)14(19)8-7-12-5-3-2-4-6-12/h2-6,9-11H,7-8H2,1H3,(H2,16,20)/t11-/m0/s1. The third kappa shape index (κ3) is 3.88. The number of carbonyl (C=O) groups excluding carboxylic acids is 2. The van der Waals surface area contributed by atoms with E-state index in [1.54, 1.807) is 17.8 Å². The van der Waals surface area contributed by atoms with E-state index in [2.05, 4.69) is 4.98 Å². The highest BCUT2D eigenvalue weighted by atomic mass is 32.1. The van der Waals surface area contributed by atoms with Crippen LogP contribution in [0.2, 0.25) is 0 Å². The lowest BCUT2D eigenvalue weighted by Crippen LogP contribution is -2.46. The molecule has 2 amide bonds. The van der Waals surface area contributed by atoms with Crippen molar-refractivity contribution in [2.75, 3.05) is 4.90 Å². The van der Waals surface area contributed by atoms with E-state index < -0.39 is 11.9 Å². The normalized spacial score (nSPS) is 11.9. The van der Waals surface area contributed by atoms with Crippen LogP contribution in [0.3, 0.4) is 0 Å². The van der Waals surface area contributed by atoms with Crippen LogP contribution in [0, 0.1) is 0 Å². The number of aryl methyl sites for hydroxylation is 1. The van der Waals surface area contributed by atoms with Gasteiger partial charge in [0.05, 0.1) is 5.51 Å². The second kappa shape index (κ2) is 6.99. The van der Waals surface area contributed by atoms with Crippen LogP contribution in [0.25, 0.3) is 0 Å². The molecular weight excluding hydrogens is 286 g/mol. The van der Waals surface area contributed by atoms with Gasteiger partial charge in [-0.15, -0.1) is 11.3 Å². The third-order valence-electron chi connectivity index (χ3n) is 3.20. The van der Waals surface area contributed by atoms with Crippen LogP contribution < -0.4 is 10.6 Å². The molecule has 1 aromatic heterocycles. The molecule has 1 heterocycles. The Morgan fingerprint density at radius 3 is 2.62 bits per heavy atom. The number of benzene rings is 1. The van der Waals surface area contributed by atoms with Crippen molar-refractivity contribution in [3.05, 3.63) is 46.8 Å². The fraction of sp³-hybridized carbons (Fsp3) is 0.267. The predicted octanol–water partition coefficient (Wildman–Crippen LogP) is 1.98. The van der Waals surface area contributed by atoms with Crippen molar-refractivity contribution < 1.29 is 9.59 Å². The molecule has 0 aliphatic carbocycles. The topological polar surface area (TPSA) is 76.3 Å². The number of hydrogen-bond donors (Lipinski definition) is 1. The second-order valence-corrected chi connectivity index (χ2v) is 5.39. The summed E-state index contributed by atoms with van der Waals surface area (Å²) in [6.07, 6.45) is 0.922. The average molecular weight is 303 g/mol. The van der Waals surface area contributed by atoms with Gasteiger partial charge in [-0.25, -0.2) is 4.98 Å². The molecule has 0 aliphatic heterocycles. The fourth-order valence-corrected chi connectivity index (χ4v) is 2.54. The van der Waals surface area contributed by atoms with Crippen LogP contribution in [0.15, 0.2) is 41.2 Å². The van der Waals surface area contributed by atoms with E-state index in [0.29, 0.717) is 18.7 Å². The van der Waals surface area contributed by atoms with E-state index in [4.69, 9.17) is 5.73 Å². The molecule has 2 N–H and O–H groups in total. The smallest absolute Gasteiger partial charge is 0.240 e. The lowest BCUT2D eigenvalue weighted by atomic mass is 10.1. The zero-order valence-corrected chi connectivity index (χ0v) is 12.5. The van der Waals surface area contributed by atoms with Gasteiger partial charge < -0.3 is 5.73 Å². The molecule has 0 saturated carbocycles. The van der Waals surface area contributed by atoms with Gasteiger partial charge in [0.2, 0.25) is 11.8 Å². The molecule has 0 radical (unpaired) electrons. The summed E-state index contributed by atoms with van der Waals surface area (Å²) in [5.74, 6) is -0.225. The van der Waals surface area contributed by atoms with Crippen molar-refractivity contribution in [3.63, 3.8) is 0 Å². The summed E-state index contributed by atoms with van der Waals surface area (Å²) >= 11 is 1.37. The van der Waals surface area contributed by atoms with Crippen molar-refractivity contribution in [1.29, 1.82) is 0 Å². The summed E-state index contributed by atoms with van der Waals surface area (Å²) < 4.78 is 0. The highest BCUT2D eigenvalue weighted by Gasteiger charge is 2.26. The van der Waals surface area contributed by atoms with Crippen LogP contribution in [0.1, 0.15) is 18.9 Å². The predicted molar refractivity (Wildman–Crippen MR) is 83.0 cm³/mol. The molecule has 0 fully saturated rings. The van der Waals surface area contributed by atoms with Gasteiger partial charge in [0.15, 0.2) is 0 Å². The third-order valence-corrected chi connectivity index (χ3v) is 3.78. The largest absolute Gasteiger partial charge is 0.368 e. The summed E-state index contributed by atoms with van der Waals surface area (Å²) in [6, 6.07) is 9.03. The first kappa shape index (κ1) is 15.2. The molecule has 21 heavy (non-hydrogen) atoms. The lowest BCUT2D eigenvalue weighted by Gasteiger charge is -2.25. The highest BCUT2D eigenvalue weighted by molar-refractivity contribution is 7.07. The number of amides is 2. The van der Waals surface area contributed by atoms with Crippen molar-refractivity contribution in [2.45, 2.75) is 25.8 Å². The Balaban J connectivity index is 2.10. The number of carbonyl (C=O) groups is 2. The summed E-state index contributed by atoms with van der Waals surface area (Å²) in [4.78, 5) is 29.4. The zero-order valence-electron chi connectivity index (χ0n) is 11.7. The molecule has 1 atom stereocenters. The number of nitrogens with two attached hydrogens (primary N) is 1. The quantitative estimate of drug-likeness (QED) is 0.886. The number of thiazole rings is 1. The summed E-state index contributed by atoms with van der Waals surface area (Å²) in [6.45, 7) is 1.61. The van der Waals surface area contributed by atoms with Gasteiger partial charge in [0.25, 0.3) is 0 Å². The Hall–Kier alpha value is -2.21. The molecule has 2 rings (SSSR count). The van der Waals surface area contributed by atoms with Crippen molar-refractivity contribution in [3.8, 4) is 0 Å². The van der Waals surface area contributed by atoms with E-state index in [1.165, 1.54) is 16.2 Å². The molecule has 0 saturated heterocycles. The molecule has 6 heteroatoms. The maximum atomic E-state index is 12.4. The van der Waals surface area contributed by atoms with Gasteiger partial charge in [0, 0.05) is 11.8 Å². The average Bonchev–Trinajstić information content (AvgIpc) is 3.00. The number of rotatable bonds is 6. The molecule has 0 aliphatic rings. The number of nitrogens with zero attached hydrogens (tertiary/aromatic N) is 2. The fourth-order valence-electron chi connectivity index (χ4n) is 2.01. The minimum Gasteiger partial charge on any atom is -0.368 e. The monoisotopic (exact) mass is 303 g/mol. The molecule has 0 unspecified atom stereocenters. The highest BCUT2D eigenvalue weighted by Crippen LogP contribution is 2.19. The lowest BCUT2D eigenvalue weighted by molar-refractivity contribution is -0.124. The Morgan fingerprint density at radius 1 is 1.33 bits per heavy atom. The minimum atomic E-state index is -0.713. The maximum Gasteiger partial charge on any atom is 0.240 e. The van der Waals surface area contributed by atoms with Crippen LogP contribution in [0.4, 0.5) is 5.82 Å². The van der Waals surface area contributed by atoms with Gasteiger partial charge in [-0.05, 0) is 18.9 Å². The van der Waals surface area contributed by atoms with E-state index in [1.807, 2.05) is 30.3 Å². The van der Waals surface area contributed by atoms with E-state index in [-0.39, 0.29) is 5.91 Å². The Labute approximate surface area is 127 Å². The van der Waals surface area contributed by atoms with Gasteiger partial charge in [-0.2, -0.15) is 0 Å². The molecule has 110 valence electrons. The van der Waals surface area contributed by atoms with E-state index in [0.717, 1.165) is 5.56 Å². The first-order chi connectivity index (χ1) is 10.1. The Bertz CT molecular complexity index is 599.